The van der Waals surface area contributed by atoms with Gasteiger partial charge in [-0.2, -0.15) is 0 Å². The molecule has 2 amide bonds. The predicted molar refractivity (Wildman–Crippen MR) is 247 cm³/mol. The number of benzene rings is 4. The minimum Gasteiger partial charge on any atom is -0.481 e. The van der Waals surface area contributed by atoms with Crippen LogP contribution in [-0.4, -0.2) is 57.0 Å². The summed E-state index contributed by atoms with van der Waals surface area (Å²) in [6, 6.07) is 35.4. The summed E-state index contributed by atoms with van der Waals surface area (Å²) in [5, 5.41) is 32.1. The molecule has 0 saturated carbocycles. The van der Waals surface area contributed by atoms with Crippen molar-refractivity contribution in [3.63, 3.8) is 0 Å². The van der Waals surface area contributed by atoms with E-state index < -0.39 is 11.9 Å². The molecule has 4 aromatic carbocycles. The Labute approximate surface area is 363 Å². The highest BCUT2D eigenvalue weighted by atomic mass is 16.4. The minimum atomic E-state index is -0.934. The summed E-state index contributed by atoms with van der Waals surface area (Å²) in [4.78, 5) is 55.3. The molecule has 2 unspecified atom stereocenters. The molecule has 12 nitrogen and oxygen atoms in total. The number of aliphatic carboxylic acids is 2. The first-order valence-corrected chi connectivity index (χ1v) is 21.1. The van der Waals surface area contributed by atoms with Crippen molar-refractivity contribution in [3.05, 3.63) is 143 Å². The van der Waals surface area contributed by atoms with E-state index in [2.05, 4.69) is 87.1 Å². The molecule has 2 atom stereocenters. The summed E-state index contributed by atoms with van der Waals surface area (Å²) < 4.78 is 0. The molecule has 6 N–H and O–H groups in total. The highest BCUT2D eigenvalue weighted by molar-refractivity contribution is 5.95. The molecule has 324 valence electrons. The highest BCUT2D eigenvalue weighted by Gasteiger charge is 2.19. The zero-order valence-electron chi connectivity index (χ0n) is 36.4. The van der Waals surface area contributed by atoms with Gasteiger partial charge in [0.15, 0.2) is 0 Å². The van der Waals surface area contributed by atoms with Crippen molar-refractivity contribution < 1.29 is 29.4 Å². The molecule has 0 aliphatic rings. The Morgan fingerprint density at radius 3 is 1.23 bits per heavy atom. The lowest BCUT2D eigenvalue weighted by Crippen LogP contribution is -2.26. The minimum absolute atomic E-state index is 0.0523. The van der Waals surface area contributed by atoms with Gasteiger partial charge in [-0.25, -0.2) is 9.97 Å². The summed E-state index contributed by atoms with van der Waals surface area (Å²) >= 11 is 0. The number of pyridine rings is 2. The fraction of sp³-hybridized carbons (Fsp3) is 0.320. The van der Waals surface area contributed by atoms with Crippen molar-refractivity contribution >= 4 is 57.2 Å². The molecule has 12 heteroatoms. The fourth-order valence-corrected chi connectivity index (χ4v) is 7.07. The number of hydrogen-bond acceptors (Lipinski definition) is 8. The van der Waals surface area contributed by atoms with Crippen LogP contribution >= 0.6 is 0 Å². The average Bonchev–Trinajstić information content (AvgIpc) is 3.23. The topological polar surface area (TPSA) is 183 Å². The normalized spacial score (nSPS) is 12.0. The second kappa shape index (κ2) is 22.1. The van der Waals surface area contributed by atoms with Gasteiger partial charge in [-0.15, -0.1) is 0 Å². The van der Waals surface area contributed by atoms with E-state index in [0.717, 1.165) is 68.5 Å². The molecule has 0 bridgehead atoms. The van der Waals surface area contributed by atoms with Crippen LogP contribution in [0.3, 0.4) is 0 Å². The van der Waals surface area contributed by atoms with Gasteiger partial charge >= 0.3 is 11.9 Å². The highest BCUT2D eigenvalue weighted by Crippen LogP contribution is 2.30. The molecular formula is C50H58N6O6. The molecule has 62 heavy (non-hydrogen) atoms. The van der Waals surface area contributed by atoms with E-state index in [1.54, 1.807) is 24.3 Å². The third-order valence-corrected chi connectivity index (χ3v) is 10.3. The summed E-state index contributed by atoms with van der Waals surface area (Å²) in [6.07, 6.45) is 1.64. The van der Waals surface area contributed by atoms with Crippen LogP contribution < -0.4 is 21.3 Å². The van der Waals surface area contributed by atoms with Crippen LogP contribution in [0.15, 0.2) is 109 Å². The number of nitrogens with zero attached hydrogens (tertiary/aromatic N) is 2. The first kappa shape index (κ1) is 46.2. The van der Waals surface area contributed by atoms with Crippen molar-refractivity contribution in [1.29, 1.82) is 0 Å². The number of hydrogen-bond donors (Lipinski definition) is 6. The smallest absolute Gasteiger partial charge is 0.305 e. The first-order chi connectivity index (χ1) is 29.7. The van der Waals surface area contributed by atoms with E-state index in [4.69, 9.17) is 20.2 Å². The first-order valence-electron chi connectivity index (χ1n) is 21.1. The second-order valence-electron chi connectivity index (χ2n) is 16.4. The quantitative estimate of drug-likeness (QED) is 0.0487. The second-order valence-corrected chi connectivity index (χ2v) is 16.4. The number of para-hydroxylation sites is 2. The number of carboxylic acids is 2. The monoisotopic (exact) mass is 838 g/mol. The average molecular weight is 839 g/mol. The standard InChI is InChI=1S/2C25H29N3O3/c2*1-16(2)14-22(28-24-17(3)15-20-6-4-5-7-21(20)27-24)18-8-10-19(11-9-18)25(31)26-13-12-23(29)30/h2*4-11,15-16,22H,12-14H2,1-3H3,(H,26,31)(H,27,28)(H,29,30). The maximum absolute atomic E-state index is 12.2. The number of fused-ring (bicyclic) bond motifs is 2. The Kier molecular flexibility index (Phi) is 16.5. The van der Waals surface area contributed by atoms with E-state index in [1.165, 1.54) is 0 Å². The lowest BCUT2D eigenvalue weighted by Gasteiger charge is -2.23. The summed E-state index contributed by atoms with van der Waals surface area (Å²) in [7, 11) is 0. The van der Waals surface area contributed by atoms with Gasteiger partial charge in [-0.05, 0) is 109 Å². The molecule has 2 heterocycles. The number of aryl methyl sites for hydroxylation is 2. The summed E-state index contributed by atoms with van der Waals surface area (Å²) in [6.45, 7) is 13.1. The summed E-state index contributed by atoms with van der Waals surface area (Å²) in [5.41, 5.74) is 7.24. The molecule has 0 fully saturated rings. The molecule has 0 aliphatic heterocycles. The Morgan fingerprint density at radius 2 is 0.887 bits per heavy atom. The number of anilines is 2. The number of rotatable bonds is 18. The van der Waals surface area contributed by atoms with Gasteiger partial charge in [0, 0.05) is 35.0 Å². The van der Waals surface area contributed by atoms with Crippen LogP contribution in [0.4, 0.5) is 11.6 Å². The van der Waals surface area contributed by atoms with Gasteiger partial charge in [0.2, 0.25) is 0 Å². The van der Waals surface area contributed by atoms with E-state index in [9.17, 15) is 19.2 Å². The molecule has 2 aromatic heterocycles. The molecule has 6 aromatic rings. The number of carbonyl (C=O) groups excluding carboxylic acids is 2. The van der Waals surface area contributed by atoms with E-state index in [-0.39, 0.29) is 49.8 Å². The Hall–Kier alpha value is -6.82. The van der Waals surface area contributed by atoms with Gasteiger partial charge in [-0.1, -0.05) is 88.4 Å². The van der Waals surface area contributed by atoms with Crippen molar-refractivity contribution in [3.8, 4) is 0 Å². The summed E-state index contributed by atoms with van der Waals surface area (Å²) in [5.74, 6) is 0.252. The number of aromatic nitrogens is 2. The molecule has 0 radical (unpaired) electrons. The predicted octanol–water partition coefficient (Wildman–Crippen LogP) is 9.89. The van der Waals surface area contributed by atoms with Gasteiger partial charge in [-0.3, -0.25) is 19.2 Å². The third kappa shape index (κ3) is 13.6. The molecular weight excluding hydrogens is 781 g/mol. The number of carboxylic acid groups (broad SMARTS) is 2. The van der Waals surface area contributed by atoms with Gasteiger partial charge in [0.25, 0.3) is 11.8 Å². The van der Waals surface area contributed by atoms with Crippen LogP contribution in [0.25, 0.3) is 21.8 Å². The van der Waals surface area contributed by atoms with E-state index >= 15 is 0 Å². The van der Waals surface area contributed by atoms with Gasteiger partial charge in [0.05, 0.1) is 36.0 Å². The van der Waals surface area contributed by atoms with Crippen molar-refractivity contribution in [2.75, 3.05) is 23.7 Å². The Bertz CT molecular complexity index is 2300. The van der Waals surface area contributed by atoms with E-state index in [1.807, 2.05) is 60.7 Å². The van der Waals surface area contributed by atoms with Crippen LogP contribution in [0.2, 0.25) is 0 Å². The number of nitrogens with one attached hydrogen (secondary N) is 4. The molecule has 0 aliphatic carbocycles. The van der Waals surface area contributed by atoms with E-state index in [0.29, 0.717) is 23.0 Å². The lowest BCUT2D eigenvalue weighted by molar-refractivity contribution is -0.137. The molecule has 0 saturated heterocycles. The largest absolute Gasteiger partial charge is 0.481 e. The Morgan fingerprint density at radius 1 is 0.532 bits per heavy atom. The molecule has 0 spiro atoms. The van der Waals surface area contributed by atoms with Crippen LogP contribution in [0.1, 0.15) is 108 Å². The van der Waals surface area contributed by atoms with Crippen LogP contribution in [-0.2, 0) is 9.59 Å². The fourth-order valence-electron chi connectivity index (χ4n) is 7.07. The van der Waals surface area contributed by atoms with Crippen molar-refractivity contribution in [1.82, 2.24) is 20.6 Å². The zero-order valence-corrected chi connectivity index (χ0v) is 36.4. The van der Waals surface area contributed by atoms with Crippen LogP contribution in [0.5, 0.6) is 0 Å². The van der Waals surface area contributed by atoms with Crippen molar-refractivity contribution in [2.24, 2.45) is 11.8 Å². The maximum Gasteiger partial charge on any atom is 0.305 e. The lowest BCUT2D eigenvalue weighted by atomic mass is 9.95. The zero-order chi connectivity index (χ0) is 44.8. The SMILES string of the molecule is Cc1cc2ccccc2nc1NC(CC(C)C)c1ccc(C(=O)NCCC(=O)O)cc1.Cc1cc2ccccc2nc1NC(CC(C)C)c1ccc(C(=O)NCCC(=O)O)cc1. The van der Waals surface area contributed by atoms with Gasteiger partial charge in [0.1, 0.15) is 11.6 Å². The maximum atomic E-state index is 12.2. The van der Waals surface area contributed by atoms with Crippen LogP contribution in [0, 0.1) is 25.7 Å². The van der Waals surface area contributed by atoms with Gasteiger partial charge < -0.3 is 31.5 Å². The number of carbonyl (C=O) groups is 4. The van der Waals surface area contributed by atoms with Crippen molar-refractivity contribution in [2.45, 2.75) is 79.3 Å². The molecule has 6 rings (SSSR count). The third-order valence-electron chi connectivity index (χ3n) is 10.3. The number of amides is 2. The Balaban J connectivity index is 0.000000234.